The van der Waals surface area contributed by atoms with Gasteiger partial charge in [0, 0.05) is 33.7 Å². The summed E-state index contributed by atoms with van der Waals surface area (Å²) < 4.78 is 17.9. The van der Waals surface area contributed by atoms with Gasteiger partial charge in [-0.2, -0.15) is 5.10 Å². The maximum atomic E-state index is 12.3. The summed E-state index contributed by atoms with van der Waals surface area (Å²) in [7, 11) is 5.00. The van der Waals surface area contributed by atoms with Gasteiger partial charge in [0.25, 0.3) is 0 Å². The van der Waals surface area contributed by atoms with Gasteiger partial charge in [0.15, 0.2) is 0 Å². The normalized spacial score (nSPS) is 26.4. The predicted octanol–water partition coefficient (Wildman–Crippen LogP) is -0.230. The van der Waals surface area contributed by atoms with E-state index in [0.29, 0.717) is 13.2 Å². The molecule has 1 aliphatic rings. The van der Waals surface area contributed by atoms with Gasteiger partial charge < -0.3 is 19.1 Å². The van der Waals surface area contributed by atoms with Crippen molar-refractivity contribution in [3.63, 3.8) is 0 Å². The van der Waals surface area contributed by atoms with Crippen LogP contribution in [0.5, 0.6) is 0 Å². The first kappa shape index (κ1) is 15.0. The van der Waals surface area contributed by atoms with Crippen molar-refractivity contribution in [2.75, 3.05) is 34.5 Å². The highest BCUT2D eigenvalue weighted by Gasteiger charge is 2.38. The quantitative estimate of drug-likeness (QED) is 0.747. The van der Waals surface area contributed by atoms with Crippen LogP contribution in [-0.2, 0) is 25.5 Å². The molecule has 0 aliphatic carbocycles. The first-order valence-electron chi connectivity index (χ1n) is 6.53. The third-order valence-electron chi connectivity index (χ3n) is 3.64. The number of hydrogen-bond donors (Lipinski definition) is 0. The highest BCUT2D eigenvalue weighted by atomic mass is 16.6. The van der Waals surface area contributed by atoms with E-state index < -0.39 is 0 Å². The van der Waals surface area contributed by atoms with Crippen molar-refractivity contribution in [3.8, 4) is 0 Å². The first-order valence-corrected chi connectivity index (χ1v) is 6.53. The van der Waals surface area contributed by atoms with E-state index in [1.165, 1.54) is 0 Å². The molecule has 0 unspecified atom stereocenters. The van der Waals surface area contributed by atoms with Crippen LogP contribution >= 0.6 is 0 Å². The van der Waals surface area contributed by atoms with E-state index in [2.05, 4.69) is 5.10 Å². The minimum absolute atomic E-state index is 0.0406. The summed E-state index contributed by atoms with van der Waals surface area (Å²) in [4.78, 5) is 13.9. The summed E-state index contributed by atoms with van der Waals surface area (Å²) in [5.74, 6) is -0.0406. The summed E-state index contributed by atoms with van der Waals surface area (Å²) in [6.45, 7) is 1.13. The van der Waals surface area contributed by atoms with Crippen LogP contribution in [0.4, 0.5) is 0 Å². The molecule has 2 rings (SSSR count). The summed E-state index contributed by atoms with van der Waals surface area (Å²) in [5.41, 5.74) is 0. The zero-order valence-electron chi connectivity index (χ0n) is 12.1. The number of carbonyl (C=O) groups is 1. The predicted molar refractivity (Wildman–Crippen MR) is 71.2 cm³/mol. The van der Waals surface area contributed by atoms with E-state index in [1.807, 2.05) is 0 Å². The molecule has 1 fully saturated rings. The average molecular weight is 283 g/mol. The second-order valence-corrected chi connectivity index (χ2v) is 4.79. The summed E-state index contributed by atoms with van der Waals surface area (Å²) in [5, 5.41) is 4.04. The van der Waals surface area contributed by atoms with Crippen LogP contribution in [0.15, 0.2) is 18.5 Å². The number of aromatic nitrogens is 2. The fourth-order valence-corrected chi connectivity index (χ4v) is 2.41. The number of likely N-dealkylation sites (N-methyl/N-ethyl adjacent to an activating group) is 1. The van der Waals surface area contributed by atoms with Crippen LogP contribution in [0.25, 0.3) is 0 Å². The lowest BCUT2D eigenvalue weighted by atomic mass is 10.0. The third kappa shape index (κ3) is 3.17. The number of methoxy groups -OCH3 is 2. The zero-order valence-corrected chi connectivity index (χ0v) is 12.1. The molecule has 1 aromatic heterocycles. The topological polar surface area (TPSA) is 65.8 Å². The third-order valence-corrected chi connectivity index (χ3v) is 3.64. The molecule has 0 saturated carbocycles. The molecule has 3 atom stereocenters. The van der Waals surface area contributed by atoms with Gasteiger partial charge in [0.05, 0.1) is 19.3 Å². The SMILES string of the molecule is CO[C@H]1[C@H](N(C)C(=O)Cn2cccn2)COC[C@H]1OC. The van der Waals surface area contributed by atoms with Crippen molar-refractivity contribution < 1.29 is 19.0 Å². The molecule has 0 radical (unpaired) electrons. The molecule has 7 heteroatoms. The van der Waals surface area contributed by atoms with E-state index in [1.54, 1.807) is 49.3 Å². The maximum absolute atomic E-state index is 12.3. The van der Waals surface area contributed by atoms with E-state index >= 15 is 0 Å². The number of carbonyl (C=O) groups excluding carboxylic acids is 1. The van der Waals surface area contributed by atoms with Gasteiger partial charge in [0.1, 0.15) is 18.8 Å². The van der Waals surface area contributed by atoms with Crippen molar-refractivity contribution in [1.29, 1.82) is 0 Å². The lowest BCUT2D eigenvalue weighted by molar-refractivity contribution is -0.165. The van der Waals surface area contributed by atoms with E-state index in [0.717, 1.165) is 0 Å². The fraction of sp³-hybridized carbons (Fsp3) is 0.692. The van der Waals surface area contributed by atoms with Crippen molar-refractivity contribution in [2.24, 2.45) is 0 Å². The van der Waals surface area contributed by atoms with Crippen molar-refractivity contribution >= 4 is 5.91 Å². The molecule has 20 heavy (non-hydrogen) atoms. The van der Waals surface area contributed by atoms with Gasteiger partial charge in [-0.05, 0) is 6.07 Å². The summed E-state index contributed by atoms with van der Waals surface area (Å²) in [6.07, 6.45) is 3.05. The lowest BCUT2D eigenvalue weighted by Crippen LogP contribution is -2.58. The van der Waals surface area contributed by atoms with Gasteiger partial charge >= 0.3 is 0 Å². The second-order valence-electron chi connectivity index (χ2n) is 4.79. The Labute approximate surface area is 118 Å². The number of nitrogens with zero attached hydrogens (tertiary/aromatic N) is 3. The van der Waals surface area contributed by atoms with Crippen LogP contribution in [0, 0.1) is 0 Å². The van der Waals surface area contributed by atoms with Gasteiger partial charge in [-0.3, -0.25) is 9.48 Å². The molecule has 2 heterocycles. The molecule has 112 valence electrons. The zero-order chi connectivity index (χ0) is 14.5. The second kappa shape index (κ2) is 6.83. The molecule has 0 spiro atoms. The van der Waals surface area contributed by atoms with Crippen LogP contribution in [-0.4, -0.2) is 73.3 Å². The van der Waals surface area contributed by atoms with Gasteiger partial charge in [-0.15, -0.1) is 0 Å². The van der Waals surface area contributed by atoms with Gasteiger partial charge in [-0.25, -0.2) is 0 Å². The molecular weight excluding hydrogens is 262 g/mol. The van der Waals surface area contributed by atoms with Crippen LogP contribution in [0.3, 0.4) is 0 Å². The number of hydrogen-bond acceptors (Lipinski definition) is 5. The van der Waals surface area contributed by atoms with Crippen molar-refractivity contribution in [2.45, 2.75) is 24.8 Å². The average Bonchev–Trinajstić information content (AvgIpc) is 2.98. The number of rotatable bonds is 5. The molecular formula is C13H21N3O4. The Morgan fingerprint density at radius 1 is 1.45 bits per heavy atom. The van der Waals surface area contributed by atoms with Crippen LogP contribution < -0.4 is 0 Å². The summed E-state index contributed by atoms with van der Waals surface area (Å²) >= 11 is 0. The minimum atomic E-state index is -0.194. The van der Waals surface area contributed by atoms with Crippen LogP contribution in [0.2, 0.25) is 0 Å². The molecule has 1 amide bonds. The molecule has 0 aromatic carbocycles. The van der Waals surface area contributed by atoms with E-state index in [9.17, 15) is 4.79 Å². The molecule has 1 aliphatic heterocycles. The highest BCUT2D eigenvalue weighted by Crippen LogP contribution is 2.19. The number of amides is 1. The molecule has 0 N–H and O–H groups in total. The maximum Gasteiger partial charge on any atom is 0.244 e. The van der Waals surface area contributed by atoms with E-state index in [-0.39, 0.29) is 30.7 Å². The Morgan fingerprint density at radius 3 is 2.85 bits per heavy atom. The minimum Gasteiger partial charge on any atom is -0.376 e. The van der Waals surface area contributed by atoms with E-state index in [4.69, 9.17) is 14.2 Å². The Kier molecular flexibility index (Phi) is 5.11. The standard InChI is InChI=1S/C13H21N3O4/c1-15(12(17)7-16-6-4-5-14-16)10-8-20-9-11(18-2)13(10)19-3/h4-6,10-11,13H,7-9H2,1-3H3/t10-,11-,13+/m1/s1. The fourth-order valence-electron chi connectivity index (χ4n) is 2.41. The largest absolute Gasteiger partial charge is 0.376 e. The summed E-state index contributed by atoms with van der Waals surface area (Å²) in [6, 6.07) is 1.62. The molecule has 1 saturated heterocycles. The molecule has 0 bridgehead atoms. The van der Waals surface area contributed by atoms with Crippen molar-refractivity contribution in [1.82, 2.24) is 14.7 Å². The molecule has 1 aromatic rings. The van der Waals surface area contributed by atoms with Crippen LogP contribution in [0.1, 0.15) is 0 Å². The Balaban J connectivity index is 2.02. The molecule has 7 nitrogen and oxygen atoms in total. The van der Waals surface area contributed by atoms with Gasteiger partial charge in [-0.1, -0.05) is 0 Å². The Hall–Kier alpha value is -1.44. The van der Waals surface area contributed by atoms with Crippen molar-refractivity contribution in [3.05, 3.63) is 18.5 Å². The monoisotopic (exact) mass is 283 g/mol. The first-order chi connectivity index (χ1) is 9.67. The highest BCUT2D eigenvalue weighted by molar-refractivity contribution is 5.76. The number of ether oxygens (including phenoxy) is 3. The Bertz CT molecular complexity index is 423. The Morgan fingerprint density at radius 2 is 2.25 bits per heavy atom. The van der Waals surface area contributed by atoms with Gasteiger partial charge in [0.2, 0.25) is 5.91 Å². The lowest BCUT2D eigenvalue weighted by Gasteiger charge is -2.40. The smallest absolute Gasteiger partial charge is 0.244 e.